The Bertz CT molecular complexity index is 720. The van der Waals surface area contributed by atoms with E-state index in [-0.39, 0.29) is 28.7 Å². The SMILES string of the molecule is N/C(=N/O)c1ncccc1Oc1c(Br)cccc1[N+](=O)[O-]. The number of pyridine rings is 1. The van der Waals surface area contributed by atoms with Crippen molar-refractivity contribution in [3.05, 3.63) is 56.8 Å². The quantitative estimate of drug-likeness (QED) is 0.286. The monoisotopic (exact) mass is 352 g/mol. The van der Waals surface area contributed by atoms with Gasteiger partial charge in [0.2, 0.25) is 5.75 Å². The molecule has 9 heteroatoms. The summed E-state index contributed by atoms with van der Waals surface area (Å²) < 4.78 is 5.93. The van der Waals surface area contributed by atoms with E-state index < -0.39 is 4.92 Å². The van der Waals surface area contributed by atoms with Crippen molar-refractivity contribution in [2.24, 2.45) is 10.9 Å². The van der Waals surface area contributed by atoms with E-state index in [9.17, 15) is 10.1 Å². The average Bonchev–Trinajstić information content (AvgIpc) is 2.48. The number of nitro groups is 1. The lowest BCUT2D eigenvalue weighted by Crippen LogP contribution is -2.16. The molecule has 0 saturated carbocycles. The van der Waals surface area contributed by atoms with Crippen molar-refractivity contribution in [2.75, 3.05) is 0 Å². The minimum absolute atomic E-state index is 0.00231. The summed E-state index contributed by atoms with van der Waals surface area (Å²) in [5.41, 5.74) is 5.35. The molecule has 0 fully saturated rings. The fourth-order valence-corrected chi connectivity index (χ4v) is 2.00. The molecule has 1 aromatic heterocycles. The summed E-state index contributed by atoms with van der Waals surface area (Å²) in [5.74, 6) is -0.134. The number of nitrogens with zero attached hydrogens (tertiary/aromatic N) is 3. The molecule has 0 aliphatic carbocycles. The maximum atomic E-state index is 11.0. The second-order valence-electron chi connectivity index (χ2n) is 3.78. The van der Waals surface area contributed by atoms with Gasteiger partial charge in [0, 0.05) is 12.3 Å². The van der Waals surface area contributed by atoms with Crippen LogP contribution in [0.1, 0.15) is 5.69 Å². The Morgan fingerprint density at radius 2 is 2.19 bits per heavy atom. The third kappa shape index (κ3) is 3.08. The Kier molecular flexibility index (Phi) is 4.33. The molecule has 1 aromatic carbocycles. The zero-order chi connectivity index (χ0) is 15.4. The van der Waals surface area contributed by atoms with Crippen LogP contribution < -0.4 is 10.5 Å². The fourth-order valence-electron chi connectivity index (χ4n) is 1.56. The van der Waals surface area contributed by atoms with Crippen LogP contribution in [0.4, 0.5) is 5.69 Å². The number of nitro benzene ring substituents is 1. The van der Waals surface area contributed by atoms with Gasteiger partial charge in [0.25, 0.3) is 0 Å². The number of hydrogen-bond donors (Lipinski definition) is 2. The van der Waals surface area contributed by atoms with E-state index >= 15 is 0 Å². The van der Waals surface area contributed by atoms with Crippen LogP contribution in [0.3, 0.4) is 0 Å². The Hall–Kier alpha value is -2.68. The average molecular weight is 353 g/mol. The number of rotatable bonds is 4. The maximum Gasteiger partial charge on any atom is 0.312 e. The highest BCUT2D eigenvalue weighted by atomic mass is 79.9. The summed E-state index contributed by atoms with van der Waals surface area (Å²) in [4.78, 5) is 14.4. The second-order valence-corrected chi connectivity index (χ2v) is 4.64. The molecule has 21 heavy (non-hydrogen) atoms. The Morgan fingerprint density at radius 1 is 1.43 bits per heavy atom. The first kappa shape index (κ1) is 14.7. The molecule has 2 rings (SSSR count). The van der Waals surface area contributed by atoms with Gasteiger partial charge in [0.1, 0.15) is 0 Å². The molecule has 0 saturated heterocycles. The summed E-state index contributed by atoms with van der Waals surface area (Å²) >= 11 is 3.19. The number of amidine groups is 1. The minimum Gasteiger partial charge on any atom is -0.446 e. The molecular formula is C12H9BrN4O4. The van der Waals surface area contributed by atoms with E-state index in [1.807, 2.05) is 0 Å². The molecule has 0 atom stereocenters. The predicted molar refractivity (Wildman–Crippen MR) is 77.6 cm³/mol. The van der Waals surface area contributed by atoms with Gasteiger partial charge in [-0.15, -0.1) is 0 Å². The van der Waals surface area contributed by atoms with Crippen molar-refractivity contribution < 1.29 is 14.9 Å². The van der Waals surface area contributed by atoms with Gasteiger partial charge in [0.05, 0.1) is 9.40 Å². The van der Waals surface area contributed by atoms with Crippen LogP contribution in [0, 0.1) is 10.1 Å². The van der Waals surface area contributed by atoms with E-state index in [2.05, 4.69) is 26.1 Å². The molecule has 1 heterocycles. The van der Waals surface area contributed by atoms with Crippen LogP contribution in [0.25, 0.3) is 0 Å². The number of para-hydroxylation sites is 1. The molecule has 0 amide bonds. The Balaban J connectivity index is 2.52. The van der Waals surface area contributed by atoms with Crippen LogP contribution in [0.15, 0.2) is 46.2 Å². The lowest BCUT2D eigenvalue weighted by atomic mass is 10.2. The van der Waals surface area contributed by atoms with Crippen LogP contribution in [0.2, 0.25) is 0 Å². The van der Waals surface area contributed by atoms with Crippen molar-refractivity contribution >= 4 is 27.5 Å². The van der Waals surface area contributed by atoms with E-state index in [0.717, 1.165) is 0 Å². The smallest absolute Gasteiger partial charge is 0.312 e. The van der Waals surface area contributed by atoms with Crippen molar-refractivity contribution in [3.8, 4) is 11.5 Å². The van der Waals surface area contributed by atoms with E-state index in [1.54, 1.807) is 12.1 Å². The first-order valence-corrected chi connectivity index (χ1v) is 6.37. The molecule has 0 unspecified atom stereocenters. The van der Waals surface area contributed by atoms with E-state index in [1.165, 1.54) is 24.4 Å². The summed E-state index contributed by atoms with van der Waals surface area (Å²) in [5, 5.41) is 22.6. The molecular weight excluding hydrogens is 344 g/mol. The van der Waals surface area contributed by atoms with Gasteiger partial charge in [-0.1, -0.05) is 11.2 Å². The summed E-state index contributed by atoms with van der Waals surface area (Å²) in [6.07, 6.45) is 1.43. The van der Waals surface area contributed by atoms with Gasteiger partial charge >= 0.3 is 5.69 Å². The zero-order valence-electron chi connectivity index (χ0n) is 10.4. The molecule has 0 aliphatic rings. The van der Waals surface area contributed by atoms with E-state index in [4.69, 9.17) is 15.7 Å². The van der Waals surface area contributed by atoms with Crippen molar-refractivity contribution in [1.82, 2.24) is 4.98 Å². The number of nitrogens with two attached hydrogens (primary N) is 1. The van der Waals surface area contributed by atoms with Gasteiger partial charge in [-0.25, -0.2) is 4.98 Å². The molecule has 3 N–H and O–H groups in total. The Labute approximate surface area is 127 Å². The highest BCUT2D eigenvalue weighted by molar-refractivity contribution is 9.10. The number of ether oxygens (including phenoxy) is 1. The number of benzene rings is 1. The first-order valence-electron chi connectivity index (χ1n) is 5.58. The van der Waals surface area contributed by atoms with Gasteiger partial charge < -0.3 is 15.7 Å². The number of aromatic nitrogens is 1. The summed E-state index contributed by atoms with van der Waals surface area (Å²) in [7, 11) is 0. The van der Waals surface area contributed by atoms with Crippen LogP contribution in [-0.4, -0.2) is 21.0 Å². The minimum atomic E-state index is -0.570. The van der Waals surface area contributed by atoms with Gasteiger partial charge in [-0.3, -0.25) is 10.1 Å². The van der Waals surface area contributed by atoms with Crippen molar-refractivity contribution in [3.63, 3.8) is 0 Å². The topological polar surface area (TPSA) is 124 Å². The predicted octanol–water partition coefficient (Wildman–Crippen LogP) is 2.64. The van der Waals surface area contributed by atoms with E-state index in [0.29, 0.717) is 4.47 Å². The first-order chi connectivity index (χ1) is 10.0. The molecule has 108 valence electrons. The van der Waals surface area contributed by atoms with Gasteiger partial charge in [0.15, 0.2) is 17.3 Å². The number of halogens is 1. The second kappa shape index (κ2) is 6.18. The highest BCUT2D eigenvalue weighted by Gasteiger charge is 2.21. The molecule has 0 aliphatic heterocycles. The Morgan fingerprint density at radius 3 is 2.86 bits per heavy atom. The van der Waals surface area contributed by atoms with Gasteiger partial charge in [-0.2, -0.15) is 0 Å². The van der Waals surface area contributed by atoms with Crippen molar-refractivity contribution in [2.45, 2.75) is 0 Å². The third-order valence-electron chi connectivity index (χ3n) is 2.48. The third-order valence-corrected chi connectivity index (χ3v) is 3.10. The summed E-state index contributed by atoms with van der Waals surface area (Å²) in [6.45, 7) is 0. The van der Waals surface area contributed by atoms with Crippen LogP contribution in [0.5, 0.6) is 11.5 Å². The summed E-state index contributed by atoms with van der Waals surface area (Å²) in [6, 6.07) is 7.49. The van der Waals surface area contributed by atoms with Gasteiger partial charge in [-0.05, 0) is 34.1 Å². The molecule has 0 radical (unpaired) electrons. The zero-order valence-corrected chi connectivity index (χ0v) is 12.0. The lowest BCUT2D eigenvalue weighted by Gasteiger charge is -2.10. The number of oxime groups is 1. The molecule has 0 spiro atoms. The lowest BCUT2D eigenvalue weighted by molar-refractivity contribution is -0.385. The molecule has 0 bridgehead atoms. The standard InChI is InChI=1S/C12H9BrN4O4/c13-7-3-1-4-8(17(19)20)11(7)21-9-5-2-6-15-10(9)12(14)16-18/h1-6,18H,(H2,14,16). The fraction of sp³-hybridized carbons (Fsp3) is 0. The number of hydrogen-bond acceptors (Lipinski definition) is 6. The highest BCUT2D eigenvalue weighted by Crippen LogP contribution is 2.38. The normalized spacial score (nSPS) is 11.2. The largest absolute Gasteiger partial charge is 0.446 e. The van der Waals surface area contributed by atoms with Crippen LogP contribution in [-0.2, 0) is 0 Å². The van der Waals surface area contributed by atoms with Crippen molar-refractivity contribution in [1.29, 1.82) is 0 Å². The van der Waals surface area contributed by atoms with Crippen LogP contribution >= 0.6 is 15.9 Å². The molecule has 2 aromatic rings. The maximum absolute atomic E-state index is 11.0. The molecule has 8 nitrogen and oxygen atoms in total.